The number of nitrogens with two attached hydrogens (primary N) is 1. The molecule has 1 aromatic heterocycles. The number of rotatable bonds is 5. The SMILES string of the molecule is COc1cccc(C(CN)Cc2ccncc2)c1. The van der Waals surface area contributed by atoms with Gasteiger partial charge >= 0.3 is 0 Å². The van der Waals surface area contributed by atoms with E-state index in [9.17, 15) is 0 Å². The summed E-state index contributed by atoms with van der Waals surface area (Å²) in [5.41, 5.74) is 8.36. The minimum atomic E-state index is 0.308. The van der Waals surface area contributed by atoms with Gasteiger partial charge in [-0.15, -0.1) is 0 Å². The van der Waals surface area contributed by atoms with Crippen LogP contribution in [0.1, 0.15) is 17.0 Å². The predicted octanol–water partition coefficient (Wildman–Crippen LogP) is 2.38. The Morgan fingerprint density at radius 3 is 2.67 bits per heavy atom. The molecule has 0 aliphatic rings. The van der Waals surface area contributed by atoms with Crippen molar-refractivity contribution in [3.8, 4) is 5.75 Å². The number of hydrogen-bond donors (Lipinski definition) is 1. The number of nitrogens with zero attached hydrogens (tertiary/aromatic N) is 1. The molecular formula is C15H18N2O. The van der Waals surface area contributed by atoms with Crippen LogP contribution in [0.3, 0.4) is 0 Å². The summed E-state index contributed by atoms with van der Waals surface area (Å²) in [5.74, 6) is 1.18. The van der Waals surface area contributed by atoms with Crippen molar-refractivity contribution in [2.24, 2.45) is 5.73 Å². The third-order valence-electron chi connectivity index (χ3n) is 3.08. The quantitative estimate of drug-likeness (QED) is 0.875. The van der Waals surface area contributed by atoms with Crippen molar-refractivity contribution in [2.75, 3.05) is 13.7 Å². The Labute approximate surface area is 108 Å². The number of methoxy groups -OCH3 is 1. The largest absolute Gasteiger partial charge is 0.497 e. The summed E-state index contributed by atoms with van der Waals surface area (Å²) >= 11 is 0. The van der Waals surface area contributed by atoms with Crippen molar-refractivity contribution in [1.29, 1.82) is 0 Å². The van der Waals surface area contributed by atoms with Crippen LogP contribution in [0.25, 0.3) is 0 Å². The lowest BCUT2D eigenvalue weighted by Gasteiger charge is -2.16. The first-order valence-corrected chi connectivity index (χ1v) is 6.06. The summed E-state index contributed by atoms with van der Waals surface area (Å²) in [7, 11) is 1.68. The first-order valence-electron chi connectivity index (χ1n) is 6.06. The van der Waals surface area contributed by atoms with Gasteiger partial charge in [0.25, 0.3) is 0 Å². The van der Waals surface area contributed by atoms with E-state index in [0.717, 1.165) is 12.2 Å². The van der Waals surface area contributed by atoms with Crippen LogP contribution < -0.4 is 10.5 Å². The number of aromatic nitrogens is 1. The number of hydrogen-bond acceptors (Lipinski definition) is 3. The van der Waals surface area contributed by atoms with Crippen molar-refractivity contribution >= 4 is 0 Å². The molecule has 3 heteroatoms. The fourth-order valence-electron chi connectivity index (χ4n) is 2.04. The first kappa shape index (κ1) is 12.6. The molecule has 0 saturated heterocycles. The molecule has 0 aliphatic carbocycles. The Kier molecular flexibility index (Phi) is 4.31. The molecule has 18 heavy (non-hydrogen) atoms. The normalized spacial score (nSPS) is 12.1. The molecule has 1 heterocycles. The molecule has 2 rings (SSSR count). The van der Waals surface area contributed by atoms with Gasteiger partial charge in [0.1, 0.15) is 5.75 Å². The van der Waals surface area contributed by atoms with Gasteiger partial charge in [0.2, 0.25) is 0 Å². The summed E-state index contributed by atoms with van der Waals surface area (Å²) in [6, 6.07) is 12.2. The highest BCUT2D eigenvalue weighted by molar-refractivity contribution is 5.32. The van der Waals surface area contributed by atoms with E-state index in [1.807, 2.05) is 36.7 Å². The molecule has 0 bridgehead atoms. The molecule has 0 spiro atoms. The Balaban J connectivity index is 2.17. The van der Waals surface area contributed by atoms with Crippen molar-refractivity contribution in [3.63, 3.8) is 0 Å². The fraction of sp³-hybridized carbons (Fsp3) is 0.267. The van der Waals surface area contributed by atoms with E-state index in [1.54, 1.807) is 7.11 Å². The Morgan fingerprint density at radius 1 is 1.22 bits per heavy atom. The molecule has 0 aliphatic heterocycles. The van der Waals surface area contributed by atoms with Gasteiger partial charge in [-0.1, -0.05) is 12.1 Å². The molecule has 0 fully saturated rings. The maximum Gasteiger partial charge on any atom is 0.119 e. The van der Waals surface area contributed by atoms with E-state index in [1.165, 1.54) is 11.1 Å². The molecule has 94 valence electrons. The van der Waals surface area contributed by atoms with Crippen molar-refractivity contribution in [3.05, 3.63) is 59.9 Å². The fourth-order valence-corrected chi connectivity index (χ4v) is 2.04. The van der Waals surface area contributed by atoms with Crippen LogP contribution in [-0.4, -0.2) is 18.6 Å². The van der Waals surface area contributed by atoms with E-state index in [2.05, 4.69) is 17.1 Å². The third-order valence-corrected chi connectivity index (χ3v) is 3.08. The minimum Gasteiger partial charge on any atom is -0.497 e. The molecule has 0 saturated carbocycles. The lowest BCUT2D eigenvalue weighted by atomic mass is 9.92. The maximum atomic E-state index is 5.89. The molecule has 2 aromatic rings. The molecule has 0 radical (unpaired) electrons. The Morgan fingerprint density at radius 2 is 2.00 bits per heavy atom. The average molecular weight is 242 g/mol. The third kappa shape index (κ3) is 3.08. The average Bonchev–Trinajstić information content (AvgIpc) is 2.46. The Hall–Kier alpha value is -1.87. The summed E-state index contributed by atoms with van der Waals surface area (Å²) in [6.45, 7) is 0.621. The zero-order valence-corrected chi connectivity index (χ0v) is 10.5. The maximum absolute atomic E-state index is 5.89. The van der Waals surface area contributed by atoms with Crippen LogP contribution in [0.15, 0.2) is 48.8 Å². The monoisotopic (exact) mass is 242 g/mol. The highest BCUT2D eigenvalue weighted by Gasteiger charge is 2.11. The van der Waals surface area contributed by atoms with Crippen LogP contribution in [0.2, 0.25) is 0 Å². The van der Waals surface area contributed by atoms with Gasteiger partial charge in [0.15, 0.2) is 0 Å². The summed E-state index contributed by atoms with van der Waals surface area (Å²) in [5, 5.41) is 0. The highest BCUT2D eigenvalue weighted by Crippen LogP contribution is 2.23. The van der Waals surface area contributed by atoms with Crippen molar-refractivity contribution in [1.82, 2.24) is 4.98 Å². The van der Waals surface area contributed by atoms with Gasteiger partial charge in [-0.3, -0.25) is 4.98 Å². The van der Waals surface area contributed by atoms with Gasteiger partial charge < -0.3 is 10.5 Å². The number of benzene rings is 1. The van der Waals surface area contributed by atoms with E-state index in [-0.39, 0.29) is 0 Å². The summed E-state index contributed by atoms with van der Waals surface area (Å²) < 4.78 is 5.25. The summed E-state index contributed by atoms with van der Waals surface area (Å²) in [4.78, 5) is 4.03. The van der Waals surface area contributed by atoms with Crippen LogP contribution in [-0.2, 0) is 6.42 Å². The molecule has 1 unspecified atom stereocenters. The van der Waals surface area contributed by atoms with Gasteiger partial charge in [-0.05, 0) is 48.4 Å². The molecule has 3 nitrogen and oxygen atoms in total. The first-order chi connectivity index (χ1) is 8.83. The molecule has 1 aromatic carbocycles. The second kappa shape index (κ2) is 6.17. The van der Waals surface area contributed by atoms with Crippen LogP contribution in [0.5, 0.6) is 5.75 Å². The molecule has 1 atom stereocenters. The van der Waals surface area contributed by atoms with E-state index >= 15 is 0 Å². The van der Waals surface area contributed by atoms with Gasteiger partial charge in [-0.2, -0.15) is 0 Å². The van der Waals surface area contributed by atoms with Crippen LogP contribution in [0.4, 0.5) is 0 Å². The lowest BCUT2D eigenvalue weighted by molar-refractivity contribution is 0.413. The zero-order valence-electron chi connectivity index (χ0n) is 10.5. The van der Waals surface area contributed by atoms with Gasteiger partial charge in [-0.25, -0.2) is 0 Å². The standard InChI is InChI=1S/C15H18N2O/c1-18-15-4-2-3-13(10-15)14(11-16)9-12-5-7-17-8-6-12/h2-8,10,14H,9,11,16H2,1H3. The minimum absolute atomic E-state index is 0.308. The van der Waals surface area contributed by atoms with Gasteiger partial charge in [0, 0.05) is 18.3 Å². The van der Waals surface area contributed by atoms with E-state index in [0.29, 0.717) is 12.5 Å². The molecular weight excluding hydrogens is 224 g/mol. The van der Waals surface area contributed by atoms with E-state index < -0.39 is 0 Å². The Bertz CT molecular complexity index is 485. The van der Waals surface area contributed by atoms with Crippen LogP contribution >= 0.6 is 0 Å². The second-order valence-electron chi connectivity index (χ2n) is 4.27. The number of pyridine rings is 1. The molecule has 2 N–H and O–H groups in total. The smallest absolute Gasteiger partial charge is 0.119 e. The predicted molar refractivity (Wildman–Crippen MR) is 72.7 cm³/mol. The summed E-state index contributed by atoms with van der Waals surface area (Å²) in [6.07, 6.45) is 4.55. The lowest BCUT2D eigenvalue weighted by Crippen LogP contribution is -2.15. The molecule has 0 amide bonds. The van der Waals surface area contributed by atoms with Crippen LogP contribution in [0, 0.1) is 0 Å². The van der Waals surface area contributed by atoms with E-state index in [4.69, 9.17) is 10.5 Å². The van der Waals surface area contributed by atoms with Crippen molar-refractivity contribution in [2.45, 2.75) is 12.3 Å². The topological polar surface area (TPSA) is 48.1 Å². The van der Waals surface area contributed by atoms with Gasteiger partial charge in [0.05, 0.1) is 7.11 Å². The van der Waals surface area contributed by atoms with Crippen molar-refractivity contribution < 1.29 is 4.74 Å². The zero-order chi connectivity index (χ0) is 12.8. The number of ether oxygens (including phenoxy) is 1. The highest BCUT2D eigenvalue weighted by atomic mass is 16.5. The second-order valence-corrected chi connectivity index (χ2v) is 4.27.